The van der Waals surface area contributed by atoms with E-state index in [1.54, 1.807) is 36.2 Å². The molecule has 5 nitrogen and oxygen atoms in total. The van der Waals surface area contributed by atoms with Crippen LogP contribution in [0.4, 0.5) is 0 Å². The Labute approximate surface area is 172 Å². The van der Waals surface area contributed by atoms with Crippen molar-refractivity contribution in [1.29, 1.82) is 0 Å². The number of piperidine rings is 1. The van der Waals surface area contributed by atoms with Crippen molar-refractivity contribution in [2.75, 3.05) is 20.1 Å². The van der Waals surface area contributed by atoms with Crippen LogP contribution in [0.5, 0.6) is 0 Å². The number of rotatable bonds is 5. The van der Waals surface area contributed by atoms with Gasteiger partial charge in [-0.05, 0) is 49.6 Å². The maximum atomic E-state index is 12.8. The first-order valence-electron chi connectivity index (χ1n) is 9.33. The summed E-state index contributed by atoms with van der Waals surface area (Å²) in [5.41, 5.74) is 2.03. The van der Waals surface area contributed by atoms with E-state index in [2.05, 4.69) is 0 Å². The first-order chi connectivity index (χ1) is 13.3. The maximum absolute atomic E-state index is 12.8. The number of hydrogen-bond donors (Lipinski definition) is 0. The molecule has 1 heterocycles. The number of nitrogens with zero attached hydrogens (tertiary/aromatic N) is 2. The second-order valence-corrected chi connectivity index (χ2v) is 9.69. The summed E-state index contributed by atoms with van der Waals surface area (Å²) in [4.78, 5) is 14.8. The Morgan fingerprint density at radius 1 is 1.07 bits per heavy atom. The van der Waals surface area contributed by atoms with Gasteiger partial charge in [0.15, 0.2) is 0 Å². The second kappa shape index (κ2) is 8.64. The Morgan fingerprint density at radius 2 is 1.64 bits per heavy atom. The van der Waals surface area contributed by atoms with E-state index in [0.717, 1.165) is 11.1 Å². The second-order valence-electron chi connectivity index (χ2n) is 7.31. The van der Waals surface area contributed by atoms with Crippen molar-refractivity contribution in [2.24, 2.45) is 5.92 Å². The summed E-state index contributed by atoms with van der Waals surface area (Å²) in [6, 6.07) is 14.3. The minimum Gasteiger partial charge on any atom is -0.341 e. The summed E-state index contributed by atoms with van der Waals surface area (Å²) < 4.78 is 27.1. The van der Waals surface area contributed by atoms with Crippen LogP contribution < -0.4 is 0 Å². The Bertz CT molecular complexity index is 919. The highest BCUT2D eigenvalue weighted by Crippen LogP contribution is 2.25. The molecule has 2 aromatic rings. The lowest BCUT2D eigenvalue weighted by molar-refractivity contribution is -0.135. The van der Waals surface area contributed by atoms with E-state index in [1.807, 2.05) is 31.2 Å². The van der Waals surface area contributed by atoms with Crippen LogP contribution in [-0.2, 0) is 21.4 Å². The molecule has 1 amide bonds. The van der Waals surface area contributed by atoms with E-state index in [9.17, 15) is 13.2 Å². The molecule has 0 aliphatic carbocycles. The third-order valence-electron chi connectivity index (χ3n) is 5.17. The lowest BCUT2D eigenvalue weighted by Crippen LogP contribution is -2.43. The number of aryl methyl sites for hydroxylation is 1. The lowest BCUT2D eigenvalue weighted by atomic mass is 9.96. The zero-order chi connectivity index (χ0) is 20.3. The third kappa shape index (κ3) is 4.74. The molecule has 1 aliphatic rings. The molecule has 0 atom stereocenters. The molecule has 0 aromatic heterocycles. The fourth-order valence-corrected chi connectivity index (χ4v) is 5.05. The molecule has 0 radical (unpaired) electrons. The Morgan fingerprint density at radius 3 is 2.21 bits per heavy atom. The molecule has 7 heteroatoms. The van der Waals surface area contributed by atoms with Crippen molar-refractivity contribution < 1.29 is 13.2 Å². The summed E-state index contributed by atoms with van der Waals surface area (Å²) >= 11 is 5.90. The fourth-order valence-electron chi connectivity index (χ4n) is 3.46. The van der Waals surface area contributed by atoms with Gasteiger partial charge in [-0.2, -0.15) is 4.31 Å². The van der Waals surface area contributed by atoms with Crippen LogP contribution in [0.1, 0.15) is 24.0 Å². The van der Waals surface area contributed by atoms with E-state index >= 15 is 0 Å². The smallest absolute Gasteiger partial charge is 0.243 e. The van der Waals surface area contributed by atoms with Gasteiger partial charge in [-0.25, -0.2) is 8.42 Å². The van der Waals surface area contributed by atoms with E-state index in [0.29, 0.717) is 42.4 Å². The molecule has 0 saturated carbocycles. The number of amides is 1. The van der Waals surface area contributed by atoms with Crippen LogP contribution >= 0.6 is 11.6 Å². The van der Waals surface area contributed by atoms with Gasteiger partial charge in [-0.3, -0.25) is 4.79 Å². The standard InChI is InChI=1S/C21H25ClN2O3S/c1-16-3-9-20(10-4-16)28(26,27)24-13-11-18(12-14-24)21(25)23(2)15-17-5-7-19(22)8-6-17/h3-10,18H,11-15H2,1-2H3. The summed E-state index contributed by atoms with van der Waals surface area (Å²) in [7, 11) is -1.72. The molecule has 1 saturated heterocycles. The molecular weight excluding hydrogens is 396 g/mol. The lowest BCUT2D eigenvalue weighted by Gasteiger charge is -2.32. The Kier molecular flexibility index (Phi) is 6.43. The molecule has 0 spiro atoms. The SMILES string of the molecule is Cc1ccc(S(=O)(=O)N2CCC(C(=O)N(C)Cc3ccc(Cl)cc3)CC2)cc1. The van der Waals surface area contributed by atoms with Gasteiger partial charge in [0.2, 0.25) is 15.9 Å². The van der Waals surface area contributed by atoms with Gasteiger partial charge in [0.1, 0.15) is 0 Å². The monoisotopic (exact) mass is 420 g/mol. The van der Waals surface area contributed by atoms with Crippen LogP contribution in [0.25, 0.3) is 0 Å². The topological polar surface area (TPSA) is 57.7 Å². The molecule has 1 fully saturated rings. The van der Waals surface area contributed by atoms with Crippen molar-refractivity contribution in [3.8, 4) is 0 Å². The number of carbonyl (C=O) groups excluding carboxylic acids is 1. The largest absolute Gasteiger partial charge is 0.341 e. The van der Waals surface area contributed by atoms with Gasteiger partial charge in [0.25, 0.3) is 0 Å². The molecule has 0 unspecified atom stereocenters. The number of hydrogen-bond acceptors (Lipinski definition) is 3. The van der Waals surface area contributed by atoms with Crippen LogP contribution in [-0.4, -0.2) is 43.7 Å². The highest BCUT2D eigenvalue weighted by Gasteiger charge is 2.33. The minimum atomic E-state index is -3.50. The van der Waals surface area contributed by atoms with Gasteiger partial charge < -0.3 is 4.90 Å². The van der Waals surface area contributed by atoms with Crippen LogP contribution in [0.3, 0.4) is 0 Å². The average Bonchev–Trinajstić information content (AvgIpc) is 2.69. The molecule has 28 heavy (non-hydrogen) atoms. The zero-order valence-corrected chi connectivity index (χ0v) is 17.7. The summed E-state index contributed by atoms with van der Waals surface area (Å²) in [5, 5.41) is 0.667. The molecule has 1 aliphatic heterocycles. The van der Waals surface area contributed by atoms with Gasteiger partial charge in [0.05, 0.1) is 4.90 Å². The molecule has 3 rings (SSSR count). The van der Waals surface area contributed by atoms with Gasteiger partial charge in [-0.15, -0.1) is 0 Å². The van der Waals surface area contributed by atoms with E-state index in [-0.39, 0.29) is 11.8 Å². The molecule has 0 N–H and O–H groups in total. The minimum absolute atomic E-state index is 0.0577. The highest BCUT2D eigenvalue weighted by atomic mass is 35.5. The van der Waals surface area contributed by atoms with E-state index in [4.69, 9.17) is 11.6 Å². The van der Waals surface area contributed by atoms with Crippen molar-refractivity contribution in [3.63, 3.8) is 0 Å². The van der Waals surface area contributed by atoms with Crippen molar-refractivity contribution >= 4 is 27.5 Å². The molecule has 2 aromatic carbocycles. The first kappa shape index (κ1) is 20.8. The normalized spacial score (nSPS) is 16.1. The van der Waals surface area contributed by atoms with Crippen molar-refractivity contribution in [2.45, 2.75) is 31.2 Å². The first-order valence-corrected chi connectivity index (χ1v) is 11.2. The Hall–Kier alpha value is -1.89. The third-order valence-corrected chi connectivity index (χ3v) is 7.34. The molecular formula is C21H25ClN2O3S. The van der Waals surface area contributed by atoms with Crippen molar-refractivity contribution in [1.82, 2.24) is 9.21 Å². The van der Waals surface area contributed by atoms with Gasteiger partial charge in [0, 0.05) is 37.6 Å². The number of sulfonamides is 1. The molecule has 0 bridgehead atoms. The maximum Gasteiger partial charge on any atom is 0.243 e. The van der Waals surface area contributed by atoms with Crippen LogP contribution in [0.15, 0.2) is 53.4 Å². The quantitative estimate of drug-likeness (QED) is 0.740. The van der Waals surface area contributed by atoms with E-state index < -0.39 is 10.0 Å². The average molecular weight is 421 g/mol. The predicted octanol–water partition coefficient (Wildman–Crippen LogP) is 3.71. The van der Waals surface area contributed by atoms with Gasteiger partial charge >= 0.3 is 0 Å². The van der Waals surface area contributed by atoms with Gasteiger partial charge in [-0.1, -0.05) is 41.4 Å². The fraction of sp³-hybridized carbons (Fsp3) is 0.381. The summed E-state index contributed by atoms with van der Waals surface area (Å²) in [5.74, 6) is -0.0934. The summed E-state index contributed by atoms with van der Waals surface area (Å²) in [6.07, 6.45) is 1.07. The number of benzene rings is 2. The summed E-state index contributed by atoms with van der Waals surface area (Å²) in [6.45, 7) is 3.16. The predicted molar refractivity (Wildman–Crippen MR) is 111 cm³/mol. The molecule has 150 valence electrons. The van der Waals surface area contributed by atoms with Crippen LogP contribution in [0.2, 0.25) is 5.02 Å². The van der Waals surface area contributed by atoms with Crippen molar-refractivity contribution in [3.05, 3.63) is 64.7 Å². The van der Waals surface area contributed by atoms with E-state index in [1.165, 1.54) is 4.31 Å². The number of carbonyl (C=O) groups is 1. The number of halogens is 1. The Balaban J connectivity index is 1.58. The highest BCUT2D eigenvalue weighted by molar-refractivity contribution is 7.89. The van der Waals surface area contributed by atoms with Crippen LogP contribution in [0, 0.1) is 12.8 Å². The zero-order valence-electron chi connectivity index (χ0n) is 16.1.